The van der Waals surface area contributed by atoms with Gasteiger partial charge in [-0.1, -0.05) is 13.8 Å². The third-order valence-electron chi connectivity index (χ3n) is 11.0. The van der Waals surface area contributed by atoms with Crippen LogP contribution < -0.4 is 0 Å². The summed E-state index contributed by atoms with van der Waals surface area (Å²) in [7, 11) is 0. The Kier molecular flexibility index (Phi) is 6.22. The normalized spacial score (nSPS) is 59.4. The van der Waals surface area contributed by atoms with Crippen molar-refractivity contribution in [3.8, 4) is 0 Å². The highest BCUT2D eigenvalue weighted by Crippen LogP contribution is 2.73. The average molecular weight is 485 g/mol. The highest BCUT2D eigenvalue weighted by atomic mass is 16.7. The Labute approximate surface area is 202 Å². The fraction of sp³-hybridized carbons (Fsp3) is 1.00. The van der Waals surface area contributed by atoms with E-state index < -0.39 is 42.9 Å². The summed E-state index contributed by atoms with van der Waals surface area (Å²) in [5.41, 5.74) is -0.943. The molecule has 13 atom stereocenters. The maximum atomic E-state index is 11.1. The Morgan fingerprint density at radius 3 is 2.29 bits per heavy atom. The molecule has 0 aromatic carbocycles. The first kappa shape index (κ1) is 25.3. The number of hydrogen-bond donors (Lipinski definition) is 6. The molecule has 5 fully saturated rings. The largest absolute Gasteiger partial charge is 0.396 e. The van der Waals surface area contributed by atoms with Crippen LogP contribution in [0.1, 0.15) is 72.1 Å². The van der Waals surface area contributed by atoms with E-state index in [-0.39, 0.29) is 29.0 Å². The molecule has 1 heterocycles. The zero-order chi connectivity index (χ0) is 24.7. The van der Waals surface area contributed by atoms with Crippen molar-refractivity contribution in [3.63, 3.8) is 0 Å². The Hall–Kier alpha value is -0.320. The van der Waals surface area contributed by atoms with E-state index in [0.717, 1.165) is 44.9 Å². The van der Waals surface area contributed by atoms with Gasteiger partial charge in [0.1, 0.15) is 24.4 Å². The van der Waals surface area contributed by atoms with E-state index in [9.17, 15) is 30.6 Å². The van der Waals surface area contributed by atoms with Gasteiger partial charge in [-0.15, -0.1) is 0 Å². The first-order valence-electron chi connectivity index (χ1n) is 13.2. The Morgan fingerprint density at radius 2 is 1.62 bits per heavy atom. The SMILES string of the molecule is C[C@@]1(CO)CC(OC2OC(CO)C(O)C(O)C2O)C[C@]2(C)[C@@H]1CC[C@@]13CC(CC[C@H]12)[C@](C)(O)C3. The quantitative estimate of drug-likeness (QED) is 0.324. The van der Waals surface area contributed by atoms with E-state index in [2.05, 4.69) is 13.8 Å². The second-order valence-corrected chi connectivity index (χ2v) is 13.2. The van der Waals surface area contributed by atoms with Gasteiger partial charge >= 0.3 is 0 Å². The van der Waals surface area contributed by atoms with Crippen molar-refractivity contribution in [1.29, 1.82) is 0 Å². The molecule has 8 heteroatoms. The van der Waals surface area contributed by atoms with Gasteiger partial charge in [0.05, 0.1) is 18.3 Å². The van der Waals surface area contributed by atoms with Crippen LogP contribution in [0.5, 0.6) is 0 Å². The topological polar surface area (TPSA) is 140 Å². The summed E-state index contributed by atoms with van der Waals surface area (Å²) in [6.07, 6.45) is 0.692. The summed E-state index contributed by atoms with van der Waals surface area (Å²) >= 11 is 0. The minimum Gasteiger partial charge on any atom is -0.396 e. The van der Waals surface area contributed by atoms with Crippen molar-refractivity contribution >= 4 is 0 Å². The average Bonchev–Trinajstić information content (AvgIpc) is 2.96. The molecule has 4 saturated carbocycles. The molecule has 2 bridgehead atoms. The second kappa shape index (κ2) is 8.35. The van der Waals surface area contributed by atoms with Crippen LogP contribution in [0.15, 0.2) is 0 Å². The highest BCUT2D eigenvalue weighted by molar-refractivity contribution is 5.17. The molecule has 0 radical (unpaired) electrons. The lowest BCUT2D eigenvalue weighted by Crippen LogP contribution is -2.62. The lowest BCUT2D eigenvalue weighted by atomic mass is 9.40. The van der Waals surface area contributed by atoms with Gasteiger partial charge in [-0.3, -0.25) is 0 Å². The molecule has 7 unspecified atom stereocenters. The van der Waals surface area contributed by atoms with Crippen molar-refractivity contribution in [2.75, 3.05) is 13.2 Å². The van der Waals surface area contributed by atoms with Crippen LogP contribution in [-0.2, 0) is 9.47 Å². The molecule has 6 N–H and O–H groups in total. The number of fused-ring (bicyclic) bond motifs is 3. The summed E-state index contributed by atoms with van der Waals surface area (Å²) in [5.74, 6) is 1.12. The lowest BCUT2D eigenvalue weighted by molar-refractivity contribution is -0.323. The molecule has 1 saturated heterocycles. The predicted molar refractivity (Wildman–Crippen MR) is 122 cm³/mol. The molecule has 0 amide bonds. The van der Waals surface area contributed by atoms with Crippen LogP contribution in [0.25, 0.3) is 0 Å². The van der Waals surface area contributed by atoms with Crippen LogP contribution in [0, 0.1) is 34.0 Å². The Balaban J connectivity index is 1.42. The maximum absolute atomic E-state index is 11.1. The second-order valence-electron chi connectivity index (χ2n) is 13.2. The Morgan fingerprint density at radius 1 is 0.882 bits per heavy atom. The molecule has 4 aliphatic carbocycles. The molecule has 1 aliphatic heterocycles. The van der Waals surface area contributed by atoms with E-state index >= 15 is 0 Å². The summed E-state index contributed by atoms with van der Waals surface area (Å²) in [5, 5.41) is 62.2. The lowest BCUT2D eigenvalue weighted by Gasteiger charge is -2.65. The van der Waals surface area contributed by atoms with Gasteiger partial charge < -0.3 is 40.1 Å². The predicted octanol–water partition coefficient (Wildman–Crippen LogP) is 0.938. The highest BCUT2D eigenvalue weighted by Gasteiger charge is 2.67. The first-order chi connectivity index (χ1) is 15.9. The van der Waals surface area contributed by atoms with Crippen molar-refractivity contribution in [2.45, 2.75) is 115 Å². The zero-order valence-corrected chi connectivity index (χ0v) is 20.8. The van der Waals surface area contributed by atoms with Crippen molar-refractivity contribution in [2.24, 2.45) is 34.0 Å². The molecule has 34 heavy (non-hydrogen) atoms. The van der Waals surface area contributed by atoms with Crippen LogP contribution >= 0.6 is 0 Å². The van der Waals surface area contributed by atoms with Gasteiger partial charge in [-0.2, -0.15) is 0 Å². The van der Waals surface area contributed by atoms with Gasteiger partial charge in [0.25, 0.3) is 0 Å². The number of rotatable bonds is 4. The standard InChI is InChI=1S/C26H44O8/c1-23(13-28)9-15(33-22-21(31)20(30)19(29)16(11-27)34-22)10-24(2)17(23)6-7-26-8-14(4-5-18(24)26)25(3,32)12-26/h14-22,27-32H,4-13H2,1-3H3/t14?,15?,16?,17-,18+,19?,20?,21?,22?,23+,24-,25-,26+/m1/s1. The molecule has 0 aromatic rings. The fourth-order valence-corrected chi connectivity index (χ4v) is 9.69. The summed E-state index contributed by atoms with van der Waals surface area (Å²) in [4.78, 5) is 0. The van der Waals surface area contributed by atoms with Crippen LogP contribution in [-0.4, -0.2) is 86.3 Å². The maximum Gasteiger partial charge on any atom is 0.186 e. The summed E-state index contributed by atoms with van der Waals surface area (Å²) in [6, 6.07) is 0. The Bertz CT molecular complexity index is 774. The number of aliphatic hydroxyl groups excluding tert-OH is 5. The van der Waals surface area contributed by atoms with Gasteiger partial charge in [0.15, 0.2) is 6.29 Å². The zero-order valence-electron chi connectivity index (χ0n) is 20.8. The van der Waals surface area contributed by atoms with Gasteiger partial charge in [-0.05, 0) is 92.3 Å². The van der Waals surface area contributed by atoms with Crippen LogP contribution in [0.3, 0.4) is 0 Å². The number of ether oxygens (including phenoxy) is 2. The van der Waals surface area contributed by atoms with Gasteiger partial charge in [0.2, 0.25) is 0 Å². The number of hydrogen-bond acceptors (Lipinski definition) is 8. The molecule has 1 spiro atoms. The fourth-order valence-electron chi connectivity index (χ4n) is 9.69. The van der Waals surface area contributed by atoms with E-state index in [1.165, 1.54) is 0 Å². The monoisotopic (exact) mass is 484 g/mol. The molecule has 0 aromatic heterocycles. The van der Waals surface area contributed by atoms with Crippen LogP contribution in [0.4, 0.5) is 0 Å². The summed E-state index contributed by atoms with van der Waals surface area (Å²) < 4.78 is 11.9. The van der Waals surface area contributed by atoms with E-state index in [1.807, 2.05) is 6.92 Å². The first-order valence-corrected chi connectivity index (χ1v) is 13.2. The molecular weight excluding hydrogens is 440 g/mol. The minimum absolute atomic E-state index is 0.0435. The third kappa shape index (κ3) is 3.63. The summed E-state index contributed by atoms with van der Waals surface area (Å²) in [6.45, 7) is 6.03. The molecular formula is C26H44O8. The minimum atomic E-state index is -1.47. The van der Waals surface area contributed by atoms with Crippen molar-refractivity contribution < 1.29 is 40.1 Å². The van der Waals surface area contributed by atoms with Crippen LogP contribution in [0.2, 0.25) is 0 Å². The van der Waals surface area contributed by atoms with E-state index in [4.69, 9.17) is 9.47 Å². The number of aliphatic hydroxyl groups is 6. The third-order valence-corrected chi connectivity index (χ3v) is 11.0. The molecule has 8 nitrogen and oxygen atoms in total. The van der Waals surface area contributed by atoms with Crippen molar-refractivity contribution in [3.05, 3.63) is 0 Å². The molecule has 196 valence electrons. The van der Waals surface area contributed by atoms with Gasteiger partial charge in [0, 0.05) is 6.61 Å². The molecule has 5 aliphatic rings. The molecule has 5 rings (SSSR count). The smallest absolute Gasteiger partial charge is 0.186 e. The van der Waals surface area contributed by atoms with Crippen molar-refractivity contribution in [1.82, 2.24) is 0 Å². The van der Waals surface area contributed by atoms with E-state index in [0.29, 0.717) is 24.2 Å². The van der Waals surface area contributed by atoms with E-state index in [1.54, 1.807) is 0 Å². The van der Waals surface area contributed by atoms with Gasteiger partial charge in [-0.25, -0.2) is 0 Å².